The Kier molecular flexibility index (Phi) is 9.06. The Morgan fingerprint density at radius 3 is 2.64 bits per heavy atom. The SMILES string of the molecule is CC/C=C(/CN(Cc1cccs1)C(=O)CNC(=O)OC(C)(C)C)SC. The summed E-state index contributed by atoms with van der Waals surface area (Å²) in [4.78, 5) is 28.4. The number of carbonyl (C=O) groups is 2. The Labute approximate surface area is 158 Å². The molecule has 1 aromatic heterocycles. The van der Waals surface area contributed by atoms with E-state index in [1.54, 1.807) is 48.8 Å². The highest BCUT2D eigenvalue weighted by atomic mass is 32.2. The Balaban J connectivity index is 2.71. The minimum atomic E-state index is -0.584. The van der Waals surface area contributed by atoms with Gasteiger partial charge < -0.3 is 15.0 Å². The number of hydrogen-bond acceptors (Lipinski definition) is 5. The van der Waals surface area contributed by atoms with E-state index in [-0.39, 0.29) is 12.5 Å². The third kappa shape index (κ3) is 8.97. The normalized spacial score (nSPS) is 12.0. The standard InChI is InChI=1S/C18H28N2O3S2/c1-6-8-14(24-5)12-20(13-15-9-7-10-25-15)16(21)11-19-17(22)23-18(2,3)4/h7-10H,6,11-13H2,1-5H3,(H,19,22)/b14-8-. The molecular formula is C18H28N2O3S2. The summed E-state index contributed by atoms with van der Waals surface area (Å²) < 4.78 is 5.18. The van der Waals surface area contributed by atoms with Gasteiger partial charge in [0.25, 0.3) is 0 Å². The van der Waals surface area contributed by atoms with Gasteiger partial charge in [-0.25, -0.2) is 4.79 Å². The molecule has 0 radical (unpaired) electrons. The maximum absolute atomic E-state index is 12.6. The van der Waals surface area contributed by atoms with Crippen LogP contribution in [0.5, 0.6) is 0 Å². The van der Waals surface area contributed by atoms with Crippen LogP contribution in [-0.4, -0.2) is 41.8 Å². The van der Waals surface area contributed by atoms with E-state index >= 15 is 0 Å². The van der Waals surface area contributed by atoms with Gasteiger partial charge >= 0.3 is 6.09 Å². The van der Waals surface area contributed by atoms with Gasteiger partial charge in [-0.2, -0.15) is 0 Å². The van der Waals surface area contributed by atoms with Crippen LogP contribution >= 0.6 is 23.1 Å². The molecule has 0 atom stereocenters. The fourth-order valence-electron chi connectivity index (χ4n) is 2.02. The highest BCUT2D eigenvalue weighted by molar-refractivity contribution is 8.02. The van der Waals surface area contributed by atoms with Gasteiger partial charge in [0.05, 0.1) is 13.1 Å². The van der Waals surface area contributed by atoms with Gasteiger partial charge in [-0.3, -0.25) is 4.79 Å². The van der Waals surface area contributed by atoms with E-state index < -0.39 is 11.7 Å². The number of nitrogens with zero attached hydrogens (tertiary/aromatic N) is 1. The number of thiophene rings is 1. The molecule has 0 spiro atoms. The molecule has 140 valence electrons. The van der Waals surface area contributed by atoms with Crippen LogP contribution in [0.25, 0.3) is 0 Å². The van der Waals surface area contributed by atoms with Crippen LogP contribution in [0, 0.1) is 0 Å². The zero-order valence-corrected chi connectivity index (χ0v) is 17.3. The molecule has 0 saturated heterocycles. The molecule has 0 saturated carbocycles. The van der Waals surface area contributed by atoms with Gasteiger partial charge in [0.2, 0.25) is 5.91 Å². The molecular weight excluding hydrogens is 356 g/mol. The topological polar surface area (TPSA) is 58.6 Å². The first-order valence-electron chi connectivity index (χ1n) is 8.25. The number of allylic oxidation sites excluding steroid dienone is 1. The predicted octanol–water partition coefficient (Wildman–Crippen LogP) is 4.26. The minimum absolute atomic E-state index is 0.0753. The van der Waals surface area contributed by atoms with E-state index in [9.17, 15) is 9.59 Å². The monoisotopic (exact) mass is 384 g/mol. The third-order valence-electron chi connectivity index (χ3n) is 3.10. The van der Waals surface area contributed by atoms with Crippen LogP contribution in [0.15, 0.2) is 28.5 Å². The van der Waals surface area contributed by atoms with Crippen molar-refractivity contribution in [2.75, 3.05) is 19.3 Å². The second kappa shape index (κ2) is 10.5. The van der Waals surface area contributed by atoms with Gasteiger partial charge in [-0.15, -0.1) is 23.1 Å². The van der Waals surface area contributed by atoms with Gasteiger partial charge in [-0.05, 0) is 49.8 Å². The first-order valence-corrected chi connectivity index (χ1v) is 10.4. The molecule has 0 aliphatic rings. The summed E-state index contributed by atoms with van der Waals surface area (Å²) in [5.74, 6) is -0.129. The fraction of sp³-hybridized carbons (Fsp3) is 0.556. The van der Waals surface area contributed by atoms with E-state index in [0.717, 1.165) is 16.2 Å². The molecule has 7 heteroatoms. The second-order valence-corrected chi connectivity index (χ2v) is 8.43. The van der Waals surface area contributed by atoms with Crippen molar-refractivity contribution in [2.45, 2.75) is 46.3 Å². The Hall–Kier alpha value is -1.47. The minimum Gasteiger partial charge on any atom is -0.444 e. The number of thioether (sulfide) groups is 1. The van der Waals surface area contributed by atoms with Crippen molar-refractivity contribution in [1.82, 2.24) is 10.2 Å². The van der Waals surface area contributed by atoms with Crippen LogP contribution in [-0.2, 0) is 16.1 Å². The van der Waals surface area contributed by atoms with Crippen molar-refractivity contribution in [1.29, 1.82) is 0 Å². The molecule has 1 rings (SSSR count). The third-order valence-corrected chi connectivity index (χ3v) is 4.78. The Bertz CT molecular complexity index is 578. The van der Waals surface area contributed by atoms with Gasteiger partial charge in [0.1, 0.15) is 12.1 Å². The van der Waals surface area contributed by atoms with E-state index in [4.69, 9.17) is 4.74 Å². The highest BCUT2D eigenvalue weighted by Crippen LogP contribution is 2.18. The van der Waals surface area contributed by atoms with Crippen molar-refractivity contribution in [3.63, 3.8) is 0 Å². The molecule has 0 aromatic carbocycles. The maximum atomic E-state index is 12.6. The van der Waals surface area contributed by atoms with E-state index in [1.165, 1.54) is 0 Å². The number of hydrogen-bond donors (Lipinski definition) is 1. The number of nitrogens with one attached hydrogen (secondary N) is 1. The quantitative estimate of drug-likeness (QED) is 0.728. The number of ether oxygens (including phenoxy) is 1. The lowest BCUT2D eigenvalue weighted by molar-refractivity contribution is -0.130. The van der Waals surface area contributed by atoms with Crippen molar-refractivity contribution in [2.24, 2.45) is 0 Å². The van der Waals surface area contributed by atoms with E-state index in [2.05, 4.69) is 18.3 Å². The lowest BCUT2D eigenvalue weighted by Crippen LogP contribution is -2.42. The smallest absolute Gasteiger partial charge is 0.408 e. The molecule has 25 heavy (non-hydrogen) atoms. The Morgan fingerprint density at radius 2 is 2.12 bits per heavy atom. The van der Waals surface area contributed by atoms with Gasteiger partial charge in [0, 0.05) is 4.88 Å². The summed E-state index contributed by atoms with van der Waals surface area (Å²) in [6, 6.07) is 3.98. The fourth-order valence-corrected chi connectivity index (χ4v) is 3.36. The molecule has 0 bridgehead atoms. The predicted molar refractivity (Wildman–Crippen MR) is 106 cm³/mol. The number of rotatable bonds is 8. The van der Waals surface area contributed by atoms with Gasteiger partial charge in [-0.1, -0.05) is 19.1 Å². The average molecular weight is 385 g/mol. The van der Waals surface area contributed by atoms with E-state index in [0.29, 0.717) is 13.1 Å². The van der Waals surface area contributed by atoms with E-state index in [1.807, 2.05) is 23.8 Å². The van der Waals surface area contributed by atoms with Crippen molar-refractivity contribution >= 4 is 35.1 Å². The van der Waals surface area contributed by atoms with Crippen LogP contribution < -0.4 is 5.32 Å². The summed E-state index contributed by atoms with van der Waals surface area (Å²) >= 11 is 3.26. The molecule has 0 aliphatic carbocycles. The molecule has 0 aliphatic heterocycles. The Morgan fingerprint density at radius 1 is 1.40 bits per heavy atom. The zero-order valence-electron chi connectivity index (χ0n) is 15.6. The molecule has 1 N–H and O–H groups in total. The van der Waals surface area contributed by atoms with Crippen molar-refractivity contribution in [3.8, 4) is 0 Å². The molecule has 1 aromatic rings. The second-order valence-electron chi connectivity index (χ2n) is 6.47. The van der Waals surface area contributed by atoms with Crippen molar-refractivity contribution in [3.05, 3.63) is 33.4 Å². The molecule has 0 fully saturated rings. The average Bonchev–Trinajstić information content (AvgIpc) is 3.02. The first kappa shape index (κ1) is 21.6. The molecule has 0 unspecified atom stereocenters. The zero-order chi connectivity index (χ0) is 18.9. The van der Waals surface area contributed by atoms with Crippen LogP contribution in [0.1, 0.15) is 39.0 Å². The number of alkyl carbamates (subject to hydrolysis) is 1. The number of carbonyl (C=O) groups excluding carboxylic acids is 2. The van der Waals surface area contributed by atoms with Crippen LogP contribution in [0.3, 0.4) is 0 Å². The van der Waals surface area contributed by atoms with Crippen LogP contribution in [0.4, 0.5) is 4.79 Å². The molecule has 2 amide bonds. The summed E-state index contributed by atoms with van der Waals surface area (Å²) in [5, 5.41) is 4.54. The summed E-state index contributed by atoms with van der Waals surface area (Å²) in [5.41, 5.74) is -0.584. The largest absolute Gasteiger partial charge is 0.444 e. The molecule has 1 heterocycles. The lowest BCUT2D eigenvalue weighted by Gasteiger charge is -2.24. The lowest BCUT2D eigenvalue weighted by atomic mass is 10.2. The van der Waals surface area contributed by atoms with Crippen LogP contribution in [0.2, 0.25) is 0 Å². The highest BCUT2D eigenvalue weighted by Gasteiger charge is 2.20. The summed E-state index contributed by atoms with van der Waals surface area (Å²) in [7, 11) is 0. The summed E-state index contributed by atoms with van der Waals surface area (Å²) in [6.07, 6.45) is 4.48. The number of amides is 2. The maximum Gasteiger partial charge on any atom is 0.408 e. The van der Waals surface area contributed by atoms with Gasteiger partial charge in [0.15, 0.2) is 0 Å². The van der Waals surface area contributed by atoms with Crippen molar-refractivity contribution < 1.29 is 14.3 Å². The molecule has 5 nitrogen and oxygen atoms in total. The summed E-state index contributed by atoms with van der Waals surface area (Å²) in [6.45, 7) is 8.45. The first-order chi connectivity index (χ1) is 11.7.